The third kappa shape index (κ3) is 7.35. The topological polar surface area (TPSA) is 151 Å². The molecule has 1 heterocycles. The number of nitro groups is 1. The zero-order chi connectivity index (χ0) is 30.5. The highest BCUT2D eigenvalue weighted by Gasteiger charge is 2.53. The van der Waals surface area contributed by atoms with Crippen LogP contribution in [0, 0.1) is 32.8 Å². The Morgan fingerprint density at radius 3 is 2.27 bits per heavy atom. The van der Waals surface area contributed by atoms with Gasteiger partial charge in [-0.2, -0.15) is 5.26 Å². The van der Waals surface area contributed by atoms with Gasteiger partial charge in [-0.15, -0.1) is 11.8 Å². The molecule has 1 amide bonds. The molecule has 1 aliphatic heterocycles. The minimum atomic E-state index is -0.970. The fourth-order valence-electron chi connectivity index (χ4n) is 3.93. The van der Waals surface area contributed by atoms with Gasteiger partial charge in [0, 0.05) is 17.5 Å². The van der Waals surface area contributed by atoms with E-state index >= 15 is 0 Å². The number of esters is 1. The second-order valence-electron chi connectivity index (χ2n) is 10.3. The Balaban J connectivity index is 2.15. The van der Waals surface area contributed by atoms with Crippen LogP contribution in [0.3, 0.4) is 0 Å². The van der Waals surface area contributed by atoms with E-state index in [9.17, 15) is 34.9 Å². The third-order valence-corrected chi connectivity index (χ3v) is 8.80. The first kappa shape index (κ1) is 31.9. The van der Waals surface area contributed by atoms with Gasteiger partial charge in [0.15, 0.2) is 5.12 Å². The number of nitriles is 1. The number of thioether (sulfide) groups is 2. The molecule has 216 valence electrons. The second-order valence-corrected chi connectivity index (χ2v) is 12.7. The fraction of sp³-hybridized carbons (Fsp3) is 0.379. The van der Waals surface area contributed by atoms with Crippen molar-refractivity contribution in [3.8, 4) is 6.07 Å². The molecule has 3 rings (SSSR count). The molecule has 12 heteroatoms. The van der Waals surface area contributed by atoms with Crippen molar-refractivity contribution in [3.63, 3.8) is 0 Å². The van der Waals surface area contributed by atoms with Gasteiger partial charge in [-0.1, -0.05) is 39.8 Å². The molecule has 1 fully saturated rings. The summed E-state index contributed by atoms with van der Waals surface area (Å²) in [6, 6.07) is 13.8. The largest absolute Gasteiger partial charge is 0.456 e. The highest BCUT2D eigenvalue weighted by atomic mass is 32.2. The number of hydrogen-bond acceptors (Lipinski definition) is 10. The number of hydrogen-bond donors (Lipinski definition) is 1. The van der Waals surface area contributed by atoms with Crippen LogP contribution in [0.4, 0.5) is 5.69 Å². The summed E-state index contributed by atoms with van der Waals surface area (Å²) in [6.07, 6.45) is -0.970. The monoisotopic (exact) mass is 597 g/mol. The highest BCUT2D eigenvalue weighted by molar-refractivity contribution is 8.21. The highest BCUT2D eigenvalue weighted by Crippen LogP contribution is 2.45. The Morgan fingerprint density at radius 2 is 1.78 bits per heavy atom. The van der Waals surface area contributed by atoms with Gasteiger partial charge < -0.3 is 9.84 Å². The summed E-state index contributed by atoms with van der Waals surface area (Å²) < 4.78 is 5.62. The van der Waals surface area contributed by atoms with Crippen LogP contribution in [-0.2, 0) is 25.7 Å². The summed E-state index contributed by atoms with van der Waals surface area (Å²) in [5, 5.41) is 29.7. The van der Waals surface area contributed by atoms with Crippen LogP contribution < -0.4 is 0 Å². The summed E-state index contributed by atoms with van der Waals surface area (Å²) in [7, 11) is 0. The fourth-order valence-corrected chi connectivity index (χ4v) is 6.21. The normalized spacial score (nSPS) is 18.1. The summed E-state index contributed by atoms with van der Waals surface area (Å²) in [4.78, 5) is 52.5. The van der Waals surface area contributed by atoms with Crippen LogP contribution in [0.2, 0.25) is 0 Å². The molecule has 3 atom stereocenters. The molecular formula is C29H31N3O7S2. The number of β-lactam (4-membered cyclic amide) rings is 1. The molecule has 41 heavy (non-hydrogen) atoms. The molecule has 0 radical (unpaired) electrons. The predicted octanol–water partition coefficient (Wildman–Crippen LogP) is 5.10. The van der Waals surface area contributed by atoms with E-state index in [0.29, 0.717) is 22.4 Å². The number of nitrogens with zero attached hydrogens (tertiary/aromatic N) is 3. The van der Waals surface area contributed by atoms with Crippen molar-refractivity contribution in [2.45, 2.75) is 52.7 Å². The average molecular weight is 598 g/mol. The Labute approximate surface area is 246 Å². The van der Waals surface area contributed by atoms with E-state index < -0.39 is 39.6 Å². The molecule has 2 aromatic carbocycles. The van der Waals surface area contributed by atoms with Crippen LogP contribution in [0.25, 0.3) is 4.91 Å². The van der Waals surface area contributed by atoms with E-state index in [0.717, 1.165) is 11.8 Å². The molecule has 1 aliphatic rings. The molecule has 0 saturated carbocycles. The number of non-ortho nitro benzene ring substituents is 1. The molecule has 0 bridgehead atoms. The van der Waals surface area contributed by atoms with Gasteiger partial charge in [-0.25, -0.2) is 4.79 Å². The number of nitro benzene ring substituents is 1. The lowest BCUT2D eigenvalue weighted by Gasteiger charge is -2.48. The molecule has 1 saturated heterocycles. The Bertz CT molecular complexity index is 1390. The zero-order valence-corrected chi connectivity index (χ0v) is 25.0. The van der Waals surface area contributed by atoms with Gasteiger partial charge in [0.05, 0.1) is 38.9 Å². The van der Waals surface area contributed by atoms with Gasteiger partial charge >= 0.3 is 5.97 Å². The van der Waals surface area contributed by atoms with Gasteiger partial charge in [-0.05, 0) is 59.8 Å². The Kier molecular flexibility index (Phi) is 10.4. The lowest BCUT2D eigenvalue weighted by Crippen LogP contribution is -2.63. The number of carbonyl (C=O) groups is 3. The maximum Gasteiger partial charge on any atom is 0.356 e. The van der Waals surface area contributed by atoms with E-state index in [-0.39, 0.29) is 28.0 Å². The molecular weight excluding hydrogens is 566 g/mol. The van der Waals surface area contributed by atoms with Crippen molar-refractivity contribution in [1.29, 1.82) is 5.26 Å². The van der Waals surface area contributed by atoms with E-state index in [2.05, 4.69) is 0 Å². The zero-order valence-electron chi connectivity index (χ0n) is 23.3. The van der Waals surface area contributed by atoms with Gasteiger partial charge in [-0.3, -0.25) is 24.6 Å². The van der Waals surface area contributed by atoms with Crippen LogP contribution in [0.1, 0.15) is 51.3 Å². The number of likely N-dealkylation sites (tertiary alicyclic amines) is 1. The number of carbonyl (C=O) groups excluding carboxylic acids is 3. The third-order valence-electron chi connectivity index (χ3n) is 6.19. The molecule has 0 aliphatic carbocycles. The van der Waals surface area contributed by atoms with Crippen LogP contribution in [-0.4, -0.2) is 49.2 Å². The SMILES string of the molecule is CCS[C@@H]1[C@@H]([C@@H](C)O)C(=O)N1C(C(=O)OCc1ccc([N+](=O)[O-])cc1)=C(SC(=O)C(C)(C)C)c1ccc(C#N)cc1. The number of benzene rings is 2. The van der Waals surface area contributed by atoms with Gasteiger partial charge in [0.1, 0.15) is 12.3 Å². The first-order valence-electron chi connectivity index (χ1n) is 12.8. The molecule has 10 nitrogen and oxygen atoms in total. The molecule has 0 aromatic heterocycles. The average Bonchev–Trinajstić information content (AvgIpc) is 2.92. The lowest BCUT2D eigenvalue weighted by atomic mass is 9.91. The number of aliphatic hydroxyl groups is 1. The molecule has 2 aromatic rings. The summed E-state index contributed by atoms with van der Waals surface area (Å²) >= 11 is 2.18. The smallest absolute Gasteiger partial charge is 0.356 e. The van der Waals surface area contributed by atoms with Gasteiger partial charge in [0.2, 0.25) is 5.91 Å². The standard InChI is InChI=1S/C29H31N3O7S2/c1-6-40-26-22(17(2)33)25(34)31(26)23(27(35)39-16-19-9-13-21(14-10-19)32(37)38)24(41-28(36)29(3,4)5)20-11-7-18(15-30)8-12-20/h7-14,17,22,26,33H,6,16H2,1-5H3/t17-,22+,26-/m1/s1. The number of aliphatic hydroxyl groups excluding tert-OH is 1. The van der Waals surface area contributed by atoms with Crippen LogP contribution >= 0.6 is 23.5 Å². The van der Waals surface area contributed by atoms with Crippen molar-refractivity contribution in [2.75, 3.05) is 5.75 Å². The maximum atomic E-state index is 13.8. The number of ether oxygens (including phenoxy) is 1. The van der Waals surface area contributed by atoms with Gasteiger partial charge in [0.25, 0.3) is 5.69 Å². The van der Waals surface area contributed by atoms with Crippen LogP contribution in [0.15, 0.2) is 54.2 Å². The minimum Gasteiger partial charge on any atom is -0.456 e. The summed E-state index contributed by atoms with van der Waals surface area (Å²) in [5.41, 5.74) is 0.230. The Morgan fingerprint density at radius 1 is 1.17 bits per heavy atom. The molecule has 1 N–H and O–H groups in total. The van der Waals surface area contributed by atoms with E-state index in [1.165, 1.54) is 47.9 Å². The maximum absolute atomic E-state index is 13.8. The first-order chi connectivity index (χ1) is 19.3. The lowest BCUT2D eigenvalue weighted by molar-refractivity contribution is -0.384. The Hall–Kier alpha value is -3.66. The molecule has 0 spiro atoms. The number of amides is 1. The number of rotatable bonds is 10. The van der Waals surface area contributed by atoms with E-state index in [1.54, 1.807) is 45.0 Å². The summed E-state index contributed by atoms with van der Waals surface area (Å²) in [6.45, 7) is 8.36. The second kappa shape index (κ2) is 13.3. The van der Waals surface area contributed by atoms with E-state index in [1.807, 2.05) is 13.0 Å². The van der Waals surface area contributed by atoms with Crippen molar-refractivity contribution < 1.29 is 29.2 Å². The first-order valence-corrected chi connectivity index (χ1v) is 14.7. The summed E-state index contributed by atoms with van der Waals surface area (Å²) in [5.74, 6) is -1.54. The van der Waals surface area contributed by atoms with E-state index in [4.69, 9.17) is 4.74 Å². The minimum absolute atomic E-state index is 0.115. The molecule has 0 unspecified atom stereocenters. The van der Waals surface area contributed by atoms with Crippen molar-refractivity contribution in [2.24, 2.45) is 11.3 Å². The van der Waals surface area contributed by atoms with Crippen molar-refractivity contribution in [3.05, 3.63) is 81.0 Å². The van der Waals surface area contributed by atoms with Crippen molar-refractivity contribution in [1.82, 2.24) is 4.90 Å². The predicted molar refractivity (Wildman–Crippen MR) is 157 cm³/mol. The van der Waals surface area contributed by atoms with Crippen molar-refractivity contribution >= 4 is 51.1 Å². The van der Waals surface area contributed by atoms with Crippen LogP contribution in [0.5, 0.6) is 0 Å². The quantitative estimate of drug-likeness (QED) is 0.129.